The van der Waals surface area contributed by atoms with Gasteiger partial charge < -0.3 is 19.5 Å². The largest absolute Gasteiger partial charge is 0.569 e. The number of alkyl halides is 3. The second-order valence-corrected chi connectivity index (χ2v) is 11.6. The van der Waals surface area contributed by atoms with Gasteiger partial charge in [0.25, 0.3) is 16.8 Å². The fourth-order valence-corrected chi connectivity index (χ4v) is 4.64. The molecular weight excluding hydrogens is 613 g/mol. The third-order valence-electron chi connectivity index (χ3n) is 6.15. The predicted molar refractivity (Wildman–Crippen MR) is 144 cm³/mol. The summed E-state index contributed by atoms with van der Waals surface area (Å²) in [6.45, 7) is 4.22. The number of sulfonamides is 1. The summed E-state index contributed by atoms with van der Waals surface area (Å²) < 4.78 is 78.3. The van der Waals surface area contributed by atoms with Crippen LogP contribution in [0.1, 0.15) is 25.1 Å². The lowest BCUT2D eigenvalue weighted by molar-refractivity contribution is -0.727. The highest BCUT2D eigenvalue weighted by Crippen LogP contribution is 2.33. The van der Waals surface area contributed by atoms with E-state index in [1.807, 2.05) is 6.92 Å². The summed E-state index contributed by atoms with van der Waals surface area (Å²) >= 11 is 0. The monoisotopic (exact) mass is 640 g/mol. The number of benzene rings is 2. The number of halogens is 3. The van der Waals surface area contributed by atoms with Gasteiger partial charge in [0.15, 0.2) is 5.69 Å². The number of ether oxygens (including phenoxy) is 2. The number of amides is 1. The molecule has 236 valence electrons. The van der Waals surface area contributed by atoms with E-state index in [2.05, 4.69) is 15.2 Å². The van der Waals surface area contributed by atoms with Gasteiger partial charge in [0.05, 0.1) is 27.2 Å². The standard InChI is InChI=1S/C26H27F3N6O8S/c1-16(2)24(36)41-15-42-32-35(38)33-13-20(14-33)43-25(37)31-44(39,40)21-10-8-19(9-11-21)34-22(12-23(30-34)26(27,28)29)18-6-4-17(3)5-7-18/h4-12,16,20H,13-15H2,1-3H3,(H,31,37)/b35-32-. The van der Waals surface area contributed by atoms with E-state index >= 15 is 0 Å². The van der Waals surface area contributed by atoms with Crippen molar-refractivity contribution in [3.8, 4) is 16.9 Å². The minimum absolute atomic E-state index is 0.0563. The first-order valence-electron chi connectivity index (χ1n) is 12.9. The Morgan fingerprint density at radius 1 is 1.14 bits per heavy atom. The van der Waals surface area contributed by atoms with Crippen molar-refractivity contribution in [2.45, 2.75) is 37.9 Å². The van der Waals surface area contributed by atoms with Gasteiger partial charge in [-0.2, -0.15) is 18.3 Å². The molecule has 2 heterocycles. The van der Waals surface area contributed by atoms with Crippen LogP contribution in [0.15, 0.2) is 64.8 Å². The molecule has 44 heavy (non-hydrogen) atoms. The lowest BCUT2D eigenvalue weighted by atomic mass is 10.1. The minimum atomic E-state index is -4.71. The Bertz CT molecular complexity index is 1640. The average molecular weight is 641 g/mol. The van der Waals surface area contributed by atoms with Crippen molar-refractivity contribution in [1.82, 2.24) is 19.5 Å². The zero-order valence-electron chi connectivity index (χ0n) is 23.5. The molecule has 0 unspecified atom stereocenters. The summed E-state index contributed by atoms with van der Waals surface area (Å²) in [5.74, 6) is -0.934. The van der Waals surface area contributed by atoms with Gasteiger partial charge in [0.1, 0.15) is 19.2 Å². The molecular formula is C26H27F3N6O8S. The van der Waals surface area contributed by atoms with Crippen molar-refractivity contribution in [2.24, 2.45) is 11.2 Å². The molecule has 1 aliphatic heterocycles. The van der Waals surface area contributed by atoms with E-state index in [0.717, 1.165) is 33.5 Å². The van der Waals surface area contributed by atoms with Crippen LogP contribution in [0.25, 0.3) is 16.9 Å². The van der Waals surface area contributed by atoms with Crippen molar-refractivity contribution < 1.29 is 50.5 Å². The van der Waals surface area contributed by atoms with Crippen molar-refractivity contribution in [1.29, 1.82) is 0 Å². The Kier molecular flexibility index (Phi) is 9.31. The summed E-state index contributed by atoms with van der Waals surface area (Å²) in [5.41, 5.74) is 0.512. The van der Waals surface area contributed by atoms with Crippen LogP contribution in [0.3, 0.4) is 0 Å². The maximum atomic E-state index is 13.5. The van der Waals surface area contributed by atoms with Crippen LogP contribution in [0.2, 0.25) is 0 Å². The maximum Gasteiger partial charge on any atom is 0.435 e. The second kappa shape index (κ2) is 12.8. The molecule has 0 saturated carbocycles. The molecule has 14 nitrogen and oxygen atoms in total. The average Bonchev–Trinajstić information content (AvgIpc) is 3.39. The number of nitrogens with zero attached hydrogens (tertiary/aromatic N) is 5. The van der Waals surface area contributed by atoms with E-state index in [1.165, 1.54) is 12.1 Å². The molecule has 1 fully saturated rings. The van der Waals surface area contributed by atoms with Gasteiger partial charge in [-0.25, -0.2) is 22.6 Å². The second-order valence-electron chi connectivity index (χ2n) is 9.89. The van der Waals surface area contributed by atoms with Crippen LogP contribution >= 0.6 is 0 Å². The highest BCUT2D eigenvalue weighted by atomic mass is 32.2. The van der Waals surface area contributed by atoms with E-state index in [1.54, 1.807) is 42.8 Å². The van der Waals surface area contributed by atoms with Crippen LogP contribution < -0.4 is 4.72 Å². The molecule has 0 aliphatic carbocycles. The number of aryl methyl sites for hydroxylation is 1. The molecule has 0 bridgehead atoms. The van der Waals surface area contributed by atoms with Crippen molar-refractivity contribution in [3.05, 3.63) is 71.1 Å². The number of hydrazine groups is 1. The van der Waals surface area contributed by atoms with E-state index in [0.29, 0.717) is 5.56 Å². The molecule has 0 radical (unpaired) electrons. The van der Waals surface area contributed by atoms with E-state index < -0.39 is 46.9 Å². The highest BCUT2D eigenvalue weighted by molar-refractivity contribution is 7.90. The molecule has 1 aliphatic rings. The van der Waals surface area contributed by atoms with Gasteiger partial charge in [-0.15, -0.1) is 5.01 Å². The van der Waals surface area contributed by atoms with Gasteiger partial charge in [0, 0.05) is 5.56 Å². The number of hydrogen-bond donors (Lipinski definition) is 1. The quantitative estimate of drug-likeness (QED) is 0.0856. The number of rotatable bonds is 10. The van der Waals surface area contributed by atoms with Gasteiger partial charge in [0.2, 0.25) is 5.28 Å². The fourth-order valence-electron chi connectivity index (χ4n) is 3.76. The molecule has 1 saturated heterocycles. The normalized spacial score (nSPS) is 14.2. The topological polar surface area (TPSA) is 167 Å². The number of hydrogen-bond acceptors (Lipinski definition) is 10. The highest BCUT2D eigenvalue weighted by Gasteiger charge is 2.38. The number of carbonyl (C=O) groups is 2. The van der Waals surface area contributed by atoms with Crippen LogP contribution in [0.4, 0.5) is 18.0 Å². The van der Waals surface area contributed by atoms with Crippen LogP contribution in [0, 0.1) is 18.0 Å². The Morgan fingerprint density at radius 2 is 1.77 bits per heavy atom. The smallest absolute Gasteiger partial charge is 0.435 e. The fraction of sp³-hybridized carbons (Fsp3) is 0.346. The molecule has 0 atom stereocenters. The third-order valence-corrected chi connectivity index (χ3v) is 7.48. The van der Waals surface area contributed by atoms with Crippen LogP contribution in [-0.4, -0.2) is 66.2 Å². The molecule has 0 spiro atoms. The number of esters is 1. The van der Waals surface area contributed by atoms with E-state index in [-0.39, 0.29) is 40.3 Å². The lowest BCUT2D eigenvalue weighted by Crippen LogP contribution is -2.56. The van der Waals surface area contributed by atoms with Gasteiger partial charge >= 0.3 is 18.2 Å². The van der Waals surface area contributed by atoms with E-state index in [4.69, 9.17) is 9.47 Å². The van der Waals surface area contributed by atoms with Crippen LogP contribution in [-0.2, 0) is 35.3 Å². The molecule has 1 N–H and O–H groups in total. The molecule has 1 amide bonds. The summed E-state index contributed by atoms with van der Waals surface area (Å²) in [7, 11) is -4.43. The maximum absolute atomic E-state index is 13.5. The lowest BCUT2D eigenvalue weighted by Gasteiger charge is -2.33. The van der Waals surface area contributed by atoms with Crippen molar-refractivity contribution in [2.75, 3.05) is 19.9 Å². The van der Waals surface area contributed by atoms with Gasteiger partial charge in [-0.3, -0.25) is 4.79 Å². The predicted octanol–water partition coefficient (Wildman–Crippen LogP) is 3.93. The molecule has 2 aromatic carbocycles. The van der Waals surface area contributed by atoms with Gasteiger partial charge in [-0.05, 0) is 37.3 Å². The summed E-state index contributed by atoms with van der Waals surface area (Å²) in [4.78, 5) is 27.8. The molecule has 3 aromatic rings. The Hall–Kier alpha value is -4.87. The van der Waals surface area contributed by atoms with Crippen molar-refractivity contribution in [3.63, 3.8) is 0 Å². The molecule has 4 rings (SSSR count). The third kappa shape index (κ3) is 7.74. The summed E-state index contributed by atoms with van der Waals surface area (Å²) in [5, 5.41) is 19.7. The van der Waals surface area contributed by atoms with Crippen LogP contribution in [0.5, 0.6) is 0 Å². The number of nitrogens with one attached hydrogen (secondary N) is 1. The Labute approximate surface area is 249 Å². The molecule has 1 aromatic heterocycles. The zero-order chi connectivity index (χ0) is 32.2. The van der Waals surface area contributed by atoms with Gasteiger partial charge in [-0.1, -0.05) is 43.7 Å². The Morgan fingerprint density at radius 3 is 2.36 bits per heavy atom. The SMILES string of the molecule is Cc1ccc(-c2cc(C(F)(F)F)nn2-c2ccc(S(=O)(=O)NC(=O)OC3CN(/[N+]([O-])=N/OCOC(=O)C(C)C)C3)cc2)cc1. The summed E-state index contributed by atoms with van der Waals surface area (Å²) in [6, 6.07) is 12.3. The number of aromatic nitrogens is 2. The first kappa shape index (κ1) is 32.1. The first-order chi connectivity index (χ1) is 20.6. The first-order valence-corrected chi connectivity index (χ1v) is 14.4. The number of carbonyl (C=O) groups excluding carboxylic acids is 2. The summed E-state index contributed by atoms with van der Waals surface area (Å²) in [6.07, 6.45) is -6.87. The van der Waals surface area contributed by atoms with E-state index in [9.17, 15) is 36.4 Å². The van der Waals surface area contributed by atoms with Crippen molar-refractivity contribution >= 4 is 22.1 Å². The molecule has 18 heteroatoms. The zero-order valence-corrected chi connectivity index (χ0v) is 24.3. The minimum Gasteiger partial charge on any atom is -0.569 e. The Balaban J connectivity index is 1.36.